The summed E-state index contributed by atoms with van der Waals surface area (Å²) in [7, 11) is 0. The number of hydrogen-bond acceptors (Lipinski definition) is 3. The summed E-state index contributed by atoms with van der Waals surface area (Å²) in [4.78, 5) is 28.6. The van der Waals surface area contributed by atoms with Crippen molar-refractivity contribution in [3.8, 4) is 0 Å². The van der Waals surface area contributed by atoms with E-state index in [0.29, 0.717) is 19.5 Å². The normalized spacial score (nSPS) is 24.5. The van der Waals surface area contributed by atoms with Gasteiger partial charge in [0.05, 0.1) is 5.92 Å². The molecule has 1 unspecified atom stereocenters. The second kappa shape index (κ2) is 7.79. The van der Waals surface area contributed by atoms with Crippen molar-refractivity contribution in [2.24, 2.45) is 5.92 Å². The van der Waals surface area contributed by atoms with Crippen LogP contribution >= 0.6 is 12.4 Å². The van der Waals surface area contributed by atoms with Gasteiger partial charge < -0.3 is 15.1 Å². The first-order valence-electron chi connectivity index (χ1n) is 7.98. The number of hydrogen-bond donors (Lipinski definition) is 1. The van der Waals surface area contributed by atoms with E-state index in [1.165, 1.54) is 0 Å². The van der Waals surface area contributed by atoms with Crippen LogP contribution in [0, 0.1) is 5.92 Å². The summed E-state index contributed by atoms with van der Waals surface area (Å²) in [5.41, 5.74) is 1.11. The van der Waals surface area contributed by atoms with E-state index in [4.69, 9.17) is 0 Å². The second-order valence-electron chi connectivity index (χ2n) is 6.25. The van der Waals surface area contributed by atoms with Crippen LogP contribution in [0.1, 0.15) is 18.9 Å². The van der Waals surface area contributed by atoms with Gasteiger partial charge >= 0.3 is 0 Å². The average molecular weight is 338 g/mol. The summed E-state index contributed by atoms with van der Waals surface area (Å²) in [5, 5.41) is 3.29. The van der Waals surface area contributed by atoms with Crippen LogP contribution in [0.5, 0.6) is 0 Å². The minimum Gasteiger partial charge on any atom is -0.338 e. The van der Waals surface area contributed by atoms with Crippen LogP contribution in [-0.4, -0.2) is 53.8 Å². The molecule has 3 rings (SSSR count). The number of amides is 2. The highest BCUT2D eigenvalue weighted by atomic mass is 35.5. The van der Waals surface area contributed by atoms with Gasteiger partial charge in [-0.05, 0) is 12.5 Å². The number of likely N-dealkylation sites (tertiary alicyclic amines) is 1. The van der Waals surface area contributed by atoms with Crippen molar-refractivity contribution in [3.05, 3.63) is 35.9 Å². The third-order valence-electron chi connectivity index (χ3n) is 4.56. The summed E-state index contributed by atoms with van der Waals surface area (Å²) in [6.07, 6.45) is 0.350. The Kier molecular flexibility index (Phi) is 6.02. The molecule has 0 radical (unpaired) electrons. The number of carbonyl (C=O) groups is 2. The van der Waals surface area contributed by atoms with Crippen LogP contribution in [-0.2, 0) is 16.1 Å². The SMILES string of the molecule is C[C@@H]1CNCCN1C(=O)C1CC(=O)N(Cc2ccccc2)C1.Cl. The van der Waals surface area contributed by atoms with Gasteiger partial charge in [-0.1, -0.05) is 30.3 Å². The monoisotopic (exact) mass is 337 g/mol. The topological polar surface area (TPSA) is 52.7 Å². The molecule has 0 saturated carbocycles. The lowest BCUT2D eigenvalue weighted by molar-refractivity contribution is -0.138. The molecule has 2 aliphatic rings. The maximum absolute atomic E-state index is 12.7. The first-order chi connectivity index (χ1) is 10.6. The van der Waals surface area contributed by atoms with Crippen LogP contribution in [0.3, 0.4) is 0 Å². The summed E-state index contributed by atoms with van der Waals surface area (Å²) < 4.78 is 0. The van der Waals surface area contributed by atoms with E-state index in [1.54, 1.807) is 0 Å². The molecule has 1 aromatic rings. The minimum absolute atomic E-state index is 0. The fourth-order valence-electron chi connectivity index (χ4n) is 3.30. The van der Waals surface area contributed by atoms with Crippen molar-refractivity contribution in [1.29, 1.82) is 0 Å². The summed E-state index contributed by atoms with van der Waals surface area (Å²) in [5.74, 6) is 0.0414. The molecule has 2 amide bonds. The van der Waals surface area contributed by atoms with Gasteiger partial charge in [-0.3, -0.25) is 9.59 Å². The molecule has 2 atom stereocenters. The van der Waals surface area contributed by atoms with Crippen molar-refractivity contribution < 1.29 is 9.59 Å². The molecule has 0 aromatic heterocycles. The quantitative estimate of drug-likeness (QED) is 0.904. The fourth-order valence-corrected chi connectivity index (χ4v) is 3.30. The zero-order valence-electron chi connectivity index (χ0n) is 13.4. The molecule has 0 bridgehead atoms. The second-order valence-corrected chi connectivity index (χ2v) is 6.25. The van der Waals surface area contributed by atoms with E-state index in [2.05, 4.69) is 12.2 Å². The standard InChI is InChI=1S/C17H23N3O2.ClH/c1-13-10-18-7-8-20(13)17(22)15-9-16(21)19(12-15)11-14-5-3-2-4-6-14;/h2-6,13,15,18H,7-12H2,1H3;1H/t13-,15?;/m1./s1. The van der Waals surface area contributed by atoms with E-state index in [0.717, 1.165) is 25.2 Å². The molecule has 5 nitrogen and oxygen atoms in total. The van der Waals surface area contributed by atoms with Gasteiger partial charge in [-0.2, -0.15) is 0 Å². The zero-order chi connectivity index (χ0) is 15.5. The molecule has 6 heteroatoms. The first-order valence-corrected chi connectivity index (χ1v) is 7.98. The van der Waals surface area contributed by atoms with E-state index < -0.39 is 0 Å². The molecule has 2 fully saturated rings. The Labute approximate surface area is 143 Å². The highest BCUT2D eigenvalue weighted by Crippen LogP contribution is 2.23. The fraction of sp³-hybridized carbons (Fsp3) is 0.529. The lowest BCUT2D eigenvalue weighted by Gasteiger charge is -2.35. The van der Waals surface area contributed by atoms with E-state index >= 15 is 0 Å². The zero-order valence-corrected chi connectivity index (χ0v) is 14.2. The maximum Gasteiger partial charge on any atom is 0.228 e. The Morgan fingerprint density at radius 1 is 1.30 bits per heavy atom. The third kappa shape index (κ3) is 4.03. The van der Waals surface area contributed by atoms with Crippen LogP contribution in [0.2, 0.25) is 0 Å². The van der Waals surface area contributed by atoms with Crippen molar-refractivity contribution in [1.82, 2.24) is 15.1 Å². The van der Waals surface area contributed by atoms with Crippen molar-refractivity contribution >= 4 is 24.2 Å². The summed E-state index contributed by atoms with van der Waals surface area (Å²) >= 11 is 0. The van der Waals surface area contributed by atoms with Gasteiger partial charge in [0.25, 0.3) is 0 Å². The van der Waals surface area contributed by atoms with Gasteiger partial charge in [-0.15, -0.1) is 12.4 Å². The molecule has 2 heterocycles. The molecule has 2 saturated heterocycles. The van der Waals surface area contributed by atoms with Crippen LogP contribution < -0.4 is 5.32 Å². The Morgan fingerprint density at radius 3 is 2.74 bits per heavy atom. The Hall–Kier alpha value is -1.59. The molecular formula is C17H24ClN3O2. The Morgan fingerprint density at radius 2 is 2.04 bits per heavy atom. The smallest absolute Gasteiger partial charge is 0.228 e. The van der Waals surface area contributed by atoms with Gasteiger partial charge in [-0.25, -0.2) is 0 Å². The number of carbonyl (C=O) groups excluding carboxylic acids is 2. The number of nitrogens with one attached hydrogen (secondary N) is 1. The Bertz CT molecular complexity index is 552. The minimum atomic E-state index is -0.184. The molecule has 126 valence electrons. The molecule has 2 aliphatic heterocycles. The number of benzene rings is 1. The van der Waals surface area contributed by atoms with Crippen molar-refractivity contribution in [2.75, 3.05) is 26.2 Å². The van der Waals surface area contributed by atoms with Gasteiger partial charge in [0, 0.05) is 45.2 Å². The van der Waals surface area contributed by atoms with Crippen LogP contribution in [0.25, 0.3) is 0 Å². The predicted molar refractivity (Wildman–Crippen MR) is 91.3 cm³/mol. The van der Waals surface area contributed by atoms with Gasteiger partial charge in [0.15, 0.2) is 0 Å². The molecular weight excluding hydrogens is 314 g/mol. The van der Waals surface area contributed by atoms with Crippen LogP contribution in [0.4, 0.5) is 0 Å². The molecule has 1 aromatic carbocycles. The first kappa shape index (κ1) is 17.8. The number of nitrogens with zero attached hydrogens (tertiary/aromatic N) is 2. The third-order valence-corrected chi connectivity index (χ3v) is 4.56. The van der Waals surface area contributed by atoms with Crippen molar-refractivity contribution in [3.63, 3.8) is 0 Å². The van der Waals surface area contributed by atoms with Gasteiger partial charge in [0.2, 0.25) is 11.8 Å². The maximum atomic E-state index is 12.7. The lowest BCUT2D eigenvalue weighted by atomic mass is 10.1. The summed E-state index contributed by atoms with van der Waals surface area (Å²) in [6, 6.07) is 10.1. The predicted octanol–water partition coefficient (Wildman–Crippen LogP) is 1.28. The highest BCUT2D eigenvalue weighted by molar-refractivity contribution is 5.89. The average Bonchev–Trinajstić information content (AvgIpc) is 2.89. The molecule has 23 heavy (non-hydrogen) atoms. The summed E-state index contributed by atoms with van der Waals surface area (Å²) in [6.45, 7) is 5.61. The van der Waals surface area contributed by atoms with Gasteiger partial charge in [0.1, 0.15) is 0 Å². The van der Waals surface area contributed by atoms with E-state index in [-0.39, 0.29) is 36.2 Å². The molecule has 0 spiro atoms. The number of piperazine rings is 1. The molecule has 0 aliphatic carbocycles. The largest absolute Gasteiger partial charge is 0.338 e. The lowest BCUT2D eigenvalue weighted by Crippen LogP contribution is -2.54. The Balaban J connectivity index is 0.00000192. The highest BCUT2D eigenvalue weighted by Gasteiger charge is 2.38. The molecule has 1 N–H and O–H groups in total. The number of halogens is 1. The van der Waals surface area contributed by atoms with E-state index in [9.17, 15) is 9.59 Å². The van der Waals surface area contributed by atoms with Crippen molar-refractivity contribution in [2.45, 2.75) is 25.9 Å². The number of rotatable bonds is 3. The van der Waals surface area contributed by atoms with E-state index in [1.807, 2.05) is 40.1 Å². The van der Waals surface area contributed by atoms with Crippen LogP contribution in [0.15, 0.2) is 30.3 Å².